The Morgan fingerprint density at radius 1 is 1.09 bits per heavy atom. The summed E-state index contributed by atoms with van der Waals surface area (Å²) in [6, 6.07) is 5.68. The lowest BCUT2D eigenvalue weighted by atomic mass is 10.1. The molecule has 0 heterocycles. The Hall–Kier alpha value is -1.44. The van der Waals surface area contributed by atoms with Crippen LogP contribution in [0.5, 0.6) is 0 Å². The van der Waals surface area contributed by atoms with Crippen LogP contribution in [0.3, 0.4) is 0 Å². The third-order valence-corrected chi connectivity index (χ3v) is 1.55. The molecule has 0 aliphatic carbocycles. The normalized spacial score (nSPS) is 9.18. The Morgan fingerprint density at radius 3 is 2.27 bits per heavy atom. The van der Waals surface area contributed by atoms with E-state index in [-0.39, 0.29) is 0 Å². The predicted octanol–water partition coefficient (Wildman–Crippen LogP) is 1.99. The van der Waals surface area contributed by atoms with Crippen LogP contribution in [0.4, 0.5) is 0 Å². The Kier molecular flexibility index (Phi) is 2.16. The highest BCUT2D eigenvalue weighted by Gasteiger charge is 1.95. The Labute approximate surface area is 65.9 Å². The molecule has 0 aromatic heterocycles. The predicted molar refractivity (Wildman–Crippen MR) is 47.0 cm³/mol. The van der Waals surface area contributed by atoms with Crippen molar-refractivity contribution in [3.8, 4) is 0 Å². The fourth-order valence-electron chi connectivity index (χ4n) is 0.951. The van der Waals surface area contributed by atoms with Crippen molar-refractivity contribution in [2.75, 3.05) is 0 Å². The molecular formula is C9H10N2. The van der Waals surface area contributed by atoms with Gasteiger partial charge in [-0.05, 0) is 13.0 Å². The zero-order chi connectivity index (χ0) is 8.27. The molecule has 0 saturated carbocycles. The van der Waals surface area contributed by atoms with Gasteiger partial charge in [-0.2, -0.15) is 0 Å². The van der Waals surface area contributed by atoms with Gasteiger partial charge in [0.2, 0.25) is 0 Å². The summed E-state index contributed by atoms with van der Waals surface area (Å²) in [6.07, 6.45) is 2.53. The summed E-state index contributed by atoms with van der Waals surface area (Å²) in [5.41, 5.74) is 2.72. The Morgan fingerprint density at radius 2 is 1.73 bits per heavy atom. The van der Waals surface area contributed by atoms with Crippen molar-refractivity contribution >= 4 is 12.4 Å². The molecule has 0 spiro atoms. The van der Waals surface area contributed by atoms with Gasteiger partial charge < -0.3 is 10.8 Å². The molecule has 11 heavy (non-hydrogen) atoms. The van der Waals surface area contributed by atoms with E-state index in [9.17, 15) is 0 Å². The molecule has 0 fully saturated rings. The van der Waals surface area contributed by atoms with E-state index in [0.29, 0.717) is 0 Å². The van der Waals surface area contributed by atoms with Gasteiger partial charge in [-0.15, -0.1) is 0 Å². The molecule has 0 amide bonds. The first-order chi connectivity index (χ1) is 5.27. The van der Waals surface area contributed by atoms with Gasteiger partial charge in [0, 0.05) is 23.6 Å². The molecule has 0 aliphatic rings. The molecule has 2 heteroatoms. The first kappa shape index (κ1) is 7.66. The maximum absolute atomic E-state index is 7.06. The van der Waals surface area contributed by atoms with Crippen LogP contribution in [0.25, 0.3) is 0 Å². The minimum atomic E-state index is 0.797. The minimum Gasteiger partial charge on any atom is -0.308 e. The van der Waals surface area contributed by atoms with Gasteiger partial charge in [-0.3, -0.25) is 0 Å². The van der Waals surface area contributed by atoms with Gasteiger partial charge in [0.05, 0.1) is 0 Å². The second-order valence-electron chi connectivity index (χ2n) is 2.42. The third-order valence-electron chi connectivity index (χ3n) is 1.55. The van der Waals surface area contributed by atoms with Crippen LogP contribution >= 0.6 is 0 Å². The molecule has 0 unspecified atom stereocenters. The second kappa shape index (κ2) is 3.10. The average Bonchev–Trinajstić information content (AvgIpc) is 2.04. The monoisotopic (exact) mass is 146 g/mol. The Balaban J connectivity index is 3.26. The number of aryl methyl sites for hydroxylation is 1. The van der Waals surface area contributed by atoms with Crippen LogP contribution in [0.15, 0.2) is 18.2 Å². The lowest BCUT2D eigenvalue weighted by Gasteiger charge is -1.99. The highest BCUT2D eigenvalue weighted by molar-refractivity contribution is 5.92. The summed E-state index contributed by atoms with van der Waals surface area (Å²) in [5.74, 6) is 0. The zero-order valence-corrected chi connectivity index (χ0v) is 6.39. The third kappa shape index (κ3) is 1.52. The van der Waals surface area contributed by atoms with E-state index < -0.39 is 0 Å². The molecule has 0 saturated heterocycles. The van der Waals surface area contributed by atoms with Crippen LogP contribution < -0.4 is 0 Å². The molecule has 0 radical (unpaired) electrons. The molecule has 0 bridgehead atoms. The molecule has 56 valence electrons. The van der Waals surface area contributed by atoms with E-state index in [2.05, 4.69) is 0 Å². The van der Waals surface area contributed by atoms with Crippen molar-refractivity contribution in [2.45, 2.75) is 6.92 Å². The second-order valence-corrected chi connectivity index (χ2v) is 2.42. The van der Waals surface area contributed by atoms with E-state index in [1.54, 1.807) is 0 Å². The number of benzene rings is 1. The quantitative estimate of drug-likeness (QED) is 0.599. The summed E-state index contributed by atoms with van der Waals surface area (Å²) < 4.78 is 0. The first-order valence-corrected chi connectivity index (χ1v) is 3.39. The average molecular weight is 146 g/mol. The SMILES string of the molecule is Cc1ccc(C=N)c(C=N)c1. The van der Waals surface area contributed by atoms with Crippen LogP contribution in [0.1, 0.15) is 16.7 Å². The fraction of sp³-hybridized carbons (Fsp3) is 0.111. The van der Waals surface area contributed by atoms with E-state index in [1.165, 1.54) is 12.4 Å². The Bertz CT molecular complexity index is 290. The largest absolute Gasteiger partial charge is 0.308 e. The summed E-state index contributed by atoms with van der Waals surface area (Å²) in [5, 5.41) is 14.1. The van der Waals surface area contributed by atoms with Crippen molar-refractivity contribution < 1.29 is 0 Å². The fourth-order valence-corrected chi connectivity index (χ4v) is 0.951. The number of hydrogen-bond donors (Lipinski definition) is 2. The maximum Gasteiger partial charge on any atom is 0.0256 e. The van der Waals surface area contributed by atoms with E-state index in [0.717, 1.165) is 16.7 Å². The molecule has 1 rings (SSSR count). The topological polar surface area (TPSA) is 47.7 Å². The van der Waals surface area contributed by atoms with Gasteiger partial charge in [-0.1, -0.05) is 17.7 Å². The van der Waals surface area contributed by atoms with E-state index in [4.69, 9.17) is 10.8 Å². The van der Waals surface area contributed by atoms with Crippen molar-refractivity contribution in [1.29, 1.82) is 10.8 Å². The highest BCUT2D eigenvalue weighted by atomic mass is 14.4. The van der Waals surface area contributed by atoms with Crippen molar-refractivity contribution in [1.82, 2.24) is 0 Å². The maximum atomic E-state index is 7.06. The number of hydrogen-bond acceptors (Lipinski definition) is 2. The number of nitrogens with one attached hydrogen (secondary N) is 2. The minimum absolute atomic E-state index is 0.797. The van der Waals surface area contributed by atoms with Crippen LogP contribution in [0.2, 0.25) is 0 Å². The lowest BCUT2D eigenvalue weighted by Crippen LogP contribution is -1.90. The van der Waals surface area contributed by atoms with Gasteiger partial charge in [0.1, 0.15) is 0 Å². The van der Waals surface area contributed by atoms with Gasteiger partial charge in [0.25, 0.3) is 0 Å². The number of rotatable bonds is 2. The zero-order valence-electron chi connectivity index (χ0n) is 6.39. The molecule has 1 aromatic rings. The van der Waals surface area contributed by atoms with Crippen molar-refractivity contribution in [2.24, 2.45) is 0 Å². The standard InChI is InChI=1S/C9H10N2/c1-7-2-3-8(5-10)9(4-7)6-11/h2-6,10-11H,1H3. The van der Waals surface area contributed by atoms with Gasteiger partial charge in [-0.25, -0.2) is 0 Å². The molecular weight excluding hydrogens is 136 g/mol. The molecule has 1 aromatic carbocycles. The summed E-state index contributed by atoms with van der Waals surface area (Å²) in [7, 11) is 0. The smallest absolute Gasteiger partial charge is 0.0256 e. The van der Waals surface area contributed by atoms with Crippen LogP contribution in [-0.4, -0.2) is 12.4 Å². The summed E-state index contributed by atoms with van der Waals surface area (Å²) >= 11 is 0. The summed E-state index contributed by atoms with van der Waals surface area (Å²) in [4.78, 5) is 0. The molecule has 2 nitrogen and oxygen atoms in total. The molecule has 0 aliphatic heterocycles. The van der Waals surface area contributed by atoms with E-state index in [1.807, 2.05) is 25.1 Å². The van der Waals surface area contributed by atoms with Gasteiger partial charge in [0.15, 0.2) is 0 Å². The van der Waals surface area contributed by atoms with Crippen LogP contribution in [0, 0.1) is 17.7 Å². The first-order valence-electron chi connectivity index (χ1n) is 3.39. The molecule has 2 N–H and O–H groups in total. The summed E-state index contributed by atoms with van der Waals surface area (Å²) in [6.45, 7) is 1.97. The highest BCUT2D eigenvalue weighted by Crippen LogP contribution is 2.06. The van der Waals surface area contributed by atoms with Crippen molar-refractivity contribution in [3.05, 3.63) is 34.9 Å². The lowest BCUT2D eigenvalue weighted by molar-refractivity contribution is 1.43. The molecule has 0 atom stereocenters. The van der Waals surface area contributed by atoms with Crippen molar-refractivity contribution in [3.63, 3.8) is 0 Å². The van der Waals surface area contributed by atoms with E-state index >= 15 is 0 Å². The van der Waals surface area contributed by atoms with Crippen LogP contribution in [-0.2, 0) is 0 Å². The van der Waals surface area contributed by atoms with Gasteiger partial charge >= 0.3 is 0 Å².